The van der Waals surface area contributed by atoms with Gasteiger partial charge in [-0.05, 0) is 32.0 Å². The Hall–Kier alpha value is -1.43. The number of carbonyl (C=O) groups is 2. The lowest BCUT2D eigenvalue weighted by molar-refractivity contribution is -0.139. The van der Waals surface area contributed by atoms with Gasteiger partial charge in [0, 0.05) is 22.4 Å². The molecular weight excluding hydrogens is 357 g/mol. The molecule has 1 heterocycles. The maximum Gasteiger partial charge on any atom is 0.303 e. The van der Waals surface area contributed by atoms with Crippen LogP contribution in [0.5, 0.6) is 0 Å². The predicted molar refractivity (Wildman–Crippen MR) is 92.5 cm³/mol. The number of carbonyl (C=O) groups excluding carboxylic acids is 1. The summed E-state index contributed by atoms with van der Waals surface area (Å²) in [7, 11) is 0. The molecule has 0 aliphatic heterocycles. The van der Waals surface area contributed by atoms with Crippen LogP contribution in [0.2, 0.25) is 10.0 Å². The number of hydrogen-bond acceptors (Lipinski definition) is 4. The number of ketones is 1. The second-order valence-corrected chi connectivity index (χ2v) is 7.31. The summed E-state index contributed by atoms with van der Waals surface area (Å²) in [4.78, 5) is 27.4. The quantitative estimate of drug-likeness (QED) is 0.789. The number of thiazole rings is 1. The van der Waals surface area contributed by atoms with Crippen molar-refractivity contribution < 1.29 is 14.7 Å². The smallest absolute Gasteiger partial charge is 0.303 e. The van der Waals surface area contributed by atoms with Crippen LogP contribution in [0, 0.1) is 0 Å². The number of benzene rings is 1. The minimum absolute atomic E-state index is 0.0170. The highest BCUT2D eigenvalue weighted by atomic mass is 35.5. The first-order valence-electron chi connectivity index (χ1n) is 6.88. The second kappa shape index (κ2) is 6.99. The predicted octanol–water partition coefficient (Wildman–Crippen LogP) is 4.83. The summed E-state index contributed by atoms with van der Waals surface area (Å²) in [5, 5.41) is 12.2. The standard InChI is InChI=1S/C16H15Cl2NO3S/c1-16(2,13(20)5-6-14(21)22)12-8-23-15(19-12)10-4-3-9(17)7-11(10)18/h3-4,7-8H,5-6H2,1-2H3,(H,21,22). The van der Waals surface area contributed by atoms with Crippen LogP contribution in [-0.2, 0) is 15.0 Å². The first kappa shape index (κ1) is 17.9. The zero-order valence-electron chi connectivity index (χ0n) is 12.6. The topological polar surface area (TPSA) is 67.3 Å². The van der Waals surface area contributed by atoms with E-state index >= 15 is 0 Å². The van der Waals surface area contributed by atoms with Gasteiger partial charge in [0.25, 0.3) is 0 Å². The molecule has 0 radical (unpaired) electrons. The molecule has 0 aliphatic carbocycles. The molecule has 2 aromatic rings. The molecule has 1 aromatic heterocycles. The molecule has 0 bridgehead atoms. The van der Waals surface area contributed by atoms with E-state index < -0.39 is 11.4 Å². The Labute approximate surface area is 148 Å². The normalized spacial score (nSPS) is 11.5. The van der Waals surface area contributed by atoms with Gasteiger partial charge >= 0.3 is 5.97 Å². The van der Waals surface area contributed by atoms with Crippen LogP contribution in [-0.4, -0.2) is 21.8 Å². The summed E-state index contributed by atoms with van der Waals surface area (Å²) in [6, 6.07) is 5.15. The Morgan fingerprint density at radius 3 is 2.57 bits per heavy atom. The van der Waals surface area contributed by atoms with Crippen molar-refractivity contribution in [1.82, 2.24) is 4.98 Å². The molecule has 0 amide bonds. The van der Waals surface area contributed by atoms with E-state index in [1.165, 1.54) is 11.3 Å². The van der Waals surface area contributed by atoms with Crippen molar-refractivity contribution in [1.29, 1.82) is 0 Å². The van der Waals surface area contributed by atoms with Crippen molar-refractivity contribution in [2.24, 2.45) is 0 Å². The van der Waals surface area contributed by atoms with Gasteiger partial charge in [0.15, 0.2) is 0 Å². The van der Waals surface area contributed by atoms with Crippen LogP contribution >= 0.6 is 34.5 Å². The zero-order valence-corrected chi connectivity index (χ0v) is 14.9. The number of nitrogens with zero attached hydrogens (tertiary/aromatic N) is 1. The lowest BCUT2D eigenvalue weighted by Gasteiger charge is -2.20. The van der Waals surface area contributed by atoms with E-state index in [-0.39, 0.29) is 18.6 Å². The molecule has 1 aromatic carbocycles. The van der Waals surface area contributed by atoms with Crippen molar-refractivity contribution in [3.63, 3.8) is 0 Å². The van der Waals surface area contributed by atoms with E-state index in [0.29, 0.717) is 20.7 Å². The molecule has 0 saturated heterocycles. The minimum atomic E-state index is -0.985. The van der Waals surface area contributed by atoms with Crippen LogP contribution in [0.1, 0.15) is 32.4 Å². The highest BCUT2D eigenvalue weighted by Gasteiger charge is 2.32. The highest BCUT2D eigenvalue weighted by Crippen LogP contribution is 2.35. The molecule has 2 rings (SSSR count). The third kappa shape index (κ3) is 4.10. The van der Waals surface area contributed by atoms with Crippen LogP contribution in [0.4, 0.5) is 0 Å². The van der Waals surface area contributed by atoms with E-state index in [2.05, 4.69) is 4.98 Å². The average molecular weight is 372 g/mol. The van der Waals surface area contributed by atoms with E-state index in [1.54, 1.807) is 37.4 Å². The third-order valence-corrected chi connectivity index (χ3v) is 4.99. The molecular formula is C16H15Cl2NO3S. The van der Waals surface area contributed by atoms with E-state index in [1.807, 2.05) is 0 Å². The number of Topliss-reactive ketones (excluding diaryl/α,β-unsaturated/α-hetero) is 1. The summed E-state index contributed by atoms with van der Waals surface area (Å²) in [6.45, 7) is 3.50. The fraction of sp³-hybridized carbons (Fsp3) is 0.312. The largest absolute Gasteiger partial charge is 0.481 e. The van der Waals surface area contributed by atoms with Gasteiger partial charge in [-0.15, -0.1) is 11.3 Å². The number of aliphatic carboxylic acids is 1. The number of rotatable bonds is 6. The summed E-state index contributed by atoms with van der Waals surface area (Å²) in [5.74, 6) is -1.14. The molecule has 0 spiro atoms. The Kier molecular flexibility index (Phi) is 5.45. The van der Waals surface area contributed by atoms with Crippen molar-refractivity contribution >= 4 is 46.3 Å². The average Bonchev–Trinajstić information content (AvgIpc) is 2.94. The molecule has 0 unspecified atom stereocenters. The lowest BCUT2D eigenvalue weighted by Crippen LogP contribution is -2.29. The maximum absolute atomic E-state index is 12.3. The number of carboxylic acid groups (broad SMARTS) is 1. The Balaban J connectivity index is 2.27. The third-order valence-electron chi connectivity index (χ3n) is 3.57. The zero-order chi connectivity index (χ0) is 17.2. The van der Waals surface area contributed by atoms with E-state index in [9.17, 15) is 9.59 Å². The SMILES string of the molecule is CC(C)(C(=O)CCC(=O)O)c1csc(-c2ccc(Cl)cc2Cl)n1. The van der Waals surface area contributed by atoms with Crippen LogP contribution in [0.3, 0.4) is 0 Å². The van der Waals surface area contributed by atoms with Gasteiger partial charge < -0.3 is 5.11 Å². The van der Waals surface area contributed by atoms with E-state index in [0.717, 1.165) is 5.56 Å². The highest BCUT2D eigenvalue weighted by molar-refractivity contribution is 7.13. The van der Waals surface area contributed by atoms with E-state index in [4.69, 9.17) is 28.3 Å². The molecule has 0 aliphatic rings. The van der Waals surface area contributed by atoms with Crippen molar-refractivity contribution in [3.05, 3.63) is 39.3 Å². The molecule has 4 nitrogen and oxygen atoms in total. The minimum Gasteiger partial charge on any atom is -0.481 e. The molecule has 122 valence electrons. The van der Waals surface area contributed by atoms with Gasteiger partial charge in [-0.25, -0.2) is 4.98 Å². The number of carboxylic acids is 1. The van der Waals surface area contributed by atoms with Crippen molar-refractivity contribution in [2.45, 2.75) is 32.1 Å². The summed E-state index contributed by atoms with van der Waals surface area (Å²) < 4.78 is 0. The van der Waals surface area contributed by atoms with Crippen molar-refractivity contribution in [2.75, 3.05) is 0 Å². The summed E-state index contributed by atoms with van der Waals surface area (Å²) in [5.41, 5.74) is 0.517. The molecule has 23 heavy (non-hydrogen) atoms. The van der Waals surface area contributed by atoms with Gasteiger partial charge in [-0.1, -0.05) is 23.2 Å². The van der Waals surface area contributed by atoms with Crippen LogP contribution in [0.15, 0.2) is 23.6 Å². The Morgan fingerprint density at radius 2 is 1.96 bits per heavy atom. The second-order valence-electron chi connectivity index (χ2n) is 5.60. The lowest BCUT2D eigenvalue weighted by atomic mass is 9.83. The fourth-order valence-electron chi connectivity index (χ4n) is 2.02. The number of halogens is 2. The summed E-state index contributed by atoms with van der Waals surface area (Å²) in [6.07, 6.45) is -0.195. The Bertz CT molecular complexity index is 756. The van der Waals surface area contributed by atoms with Crippen LogP contribution < -0.4 is 0 Å². The summed E-state index contributed by atoms with van der Waals surface area (Å²) >= 11 is 13.5. The first-order valence-corrected chi connectivity index (χ1v) is 8.52. The van der Waals surface area contributed by atoms with Gasteiger partial charge in [-0.2, -0.15) is 0 Å². The Morgan fingerprint density at radius 1 is 1.26 bits per heavy atom. The van der Waals surface area contributed by atoms with Crippen molar-refractivity contribution in [3.8, 4) is 10.6 Å². The number of hydrogen-bond donors (Lipinski definition) is 1. The number of aromatic nitrogens is 1. The van der Waals surface area contributed by atoms with Gasteiger partial charge in [0.1, 0.15) is 10.8 Å². The molecule has 0 saturated carbocycles. The molecule has 1 N–H and O–H groups in total. The molecule has 0 fully saturated rings. The van der Waals surface area contributed by atoms with Crippen LogP contribution in [0.25, 0.3) is 10.6 Å². The molecule has 0 atom stereocenters. The molecule has 7 heteroatoms. The maximum atomic E-state index is 12.3. The van der Waals surface area contributed by atoms with Gasteiger partial charge in [-0.3, -0.25) is 9.59 Å². The monoisotopic (exact) mass is 371 g/mol. The van der Waals surface area contributed by atoms with Gasteiger partial charge in [0.2, 0.25) is 0 Å². The van der Waals surface area contributed by atoms with Gasteiger partial charge in [0.05, 0.1) is 22.6 Å². The first-order chi connectivity index (χ1) is 10.7. The fourth-order valence-corrected chi connectivity index (χ4v) is 3.60.